The van der Waals surface area contributed by atoms with Gasteiger partial charge in [0.05, 0.1) is 23.4 Å². The third-order valence-electron chi connectivity index (χ3n) is 5.98. The Hall–Kier alpha value is -4.54. The number of pyridine rings is 1. The number of rotatable bonds is 6. The number of amides is 2. The van der Waals surface area contributed by atoms with Crippen LogP contribution < -0.4 is 15.4 Å². The summed E-state index contributed by atoms with van der Waals surface area (Å²) in [5.74, 6) is 0.572. The number of hydrogen-bond donors (Lipinski definition) is 2. The third kappa shape index (κ3) is 6.45. The van der Waals surface area contributed by atoms with E-state index in [0.717, 1.165) is 28.8 Å². The van der Waals surface area contributed by atoms with Gasteiger partial charge in [0.2, 0.25) is 0 Å². The van der Waals surface area contributed by atoms with Crippen LogP contribution in [0.15, 0.2) is 91.4 Å². The molecule has 0 bridgehead atoms. The lowest BCUT2D eigenvalue weighted by Gasteiger charge is -2.13. The molecule has 7 nitrogen and oxygen atoms in total. The van der Waals surface area contributed by atoms with Gasteiger partial charge in [-0.3, -0.25) is 4.98 Å². The SMILES string of the molecule is COc1cc(Cl)cc(-c2nn(-c3cccc(NC(=O)Nc4ccc(Cl)c(C(F)(F)F)c4)c3)cc2-c2ccncc2)c1. The van der Waals surface area contributed by atoms with E-state index in [2.05, 4.69) is 15.6 Å². The van der Waals surface area contributed by atoms with E-state index >= 15 is 0 Å². The Kier molecular flexibility index (Phi) is 7.87. The van der Waals surface area contributed by atoms with Crippen LogP contribution in [0.4, 0.5) is 29.3 Å². The molecule has 2 N–H and O–H groups in total. The van der Waals surface area contributed by atoms with Crippen LogP contribution >= 0.6 is 23.2 Å². The lowest BCUT2D eigenvalue weighted by molar-refractivity contribution is -0.137. The molecular weight excluding hydrogens is 578 g/mol. The predicted molar refractivity (Wildman–Crippen MR) is 153 cm³/mol. The molecule has 3 aromatic carbocycles. The van der Waals surface area contributed by atoms with Crippen molar-refractivity contribution in [2.75, 3.05) is 17.7 Å². The fraction of sp³-hybridized carbons (Fsp3) is 0.0690. The number of alkyl halides is 3. The minimum absolute atomic E-state index is 0.0639. The molecule has 0 aliphatic carbocycles. The second kappa shape index (κ2) is 11.5. The summed E-state index contributed by atoms with van der Waals surface area (Å²) in [5.41, 5.74) is 2.93. The summed E-state index contributed by atoms with van der Waals surface area (Å²) in [6.45, 7) is 0. The average Bonchev–Trinajstić information content (AvgIpc) is 3.39. The molecule has 2 heterocycles. The van der Waals surface area contributed by atoms with Crippen LogP contribution in [-0.2, 0) is 6.18 Å². The Labute approximate surface area is 242 Å². The number of nitrogens with one attached hydrogen (secondary N) is 2. The predicted octanol–water partition coefficient (Wildman–Crippen LogP) is 8.58. The first kappa shape index (κ1) is 28.0. The summed E-state index contributed by atoms with van der Waals surface area (Å²) in [6.07, 6.45) is 0.532. The molecule has 5 aromatic rings. The van der Waals surface area contributed by atoms with Gasteiger partial charge in [0.1, 0.15) is 11.4 Å². The van der Waals surface area contributed by atoms with Crippen molar-refractivity contribution in [1.29, 1.82) is 0 Å². The lowest BCUT2D eigenvalue weighted by Crippen LogP contribution is -2.20. The van der Waals surface area contributed by atoms with Crippen molar-refractivity contribution in [2.24, 2.45) is 0 Å². The first-order valence-electron chi connectivity index (χ1n) is 12.0. The van der Waals surface area contributed by atoms with Crippen molar-refractivity contribution in [3.8, 4) is 33.8 Å². The topological polar surface area (TPSA) is 81.1 Å². The molecule has 41 heavy (non-hydrogen) atoms. The van der Waals surface area contributed by atoms with Crippen LogP contribution in [0, 0.1) is 0 Å². The maximum absolute atomic E-state index is 13.2. The third-order valence-corrected chi connectivity index (χ3v) is 6.53. The van der Waals surface area contributed by atoms with E-state index in [1.807, 2.05) is 24.4 Å². The second-order valence-corrected chi connectivity index (χ2v) is 9.62. The number of methoxy groups -OCH3 is 1. The van der Waals surface area contributed by atoms with E-state index in [1.54, 1.807) is 60.6 Å². The molecule has 2 aromatic heterocycles. The van der Waals surface area contributed by atoms with Gasteiger partial charge in [-0.05, 0) is 72.3 Å². The van der Waals surface area contributed by atoms with Gasteiger partial charge < -0.3 is 15.4 Å². The molecule has 0 aliphatic heterocycles. The molecule has 5 rings (SSSR count). The maximum Gasteiger partial charge on any atom is 0.417 e. The Morgan fingerprint density at radius 2 is 1.63 bits per heavy atom. The van der Waals surface area contributed by atoms with E-state index in [-0.39, 0.29) is 5.69 Å². The second-order valence-electron chi connectivity index (χ2n) is 8.77. The van der Waals surface area contributed by atoms with Gasteiger partial charge in [0, 0.05) is 46.1 Å². The fourth-order valence-electron chi connectivity index (χ4n) is 4.12. The summed E-state index contributed by atoms with van der Waals surface area (Å²) in [7, 11) is 1.55. The number of aromatic nitrogens is 3. The van der Waals surface area contributed by atoms with Crippen LogP contribution in [0.5, 0.6) is 5.75 Å². The highest BCUT2D eigenvalue weighted by Gasteiger charge is 2.33. The highest BCUT2D eigenvalue weighted by Crippen LogP contribution is 2.37. The van der Waals surface area contributed by atoms with Crippen LogP contribution in [0.2, 0.25) is 10.0 Å². The molecule has 0 fully saturated rings. The Balaban J connectivity index is 1.44. The summed E-state index contributed by atoms with van der Waals surface area (Å²) >= 11 is 12.0. The molecule has 0 radical (unpaired) electrons. The average molecular weight is 598 g/mol. The first-order chi connectivity index (χ1) is 19.6. The lowest BCUT2D eigenvalue weighted by atomic mass is 10.0. The Morgan fingerprint density at radius 1 is 0.902 bits per heavy atom. The normalized spacial score (nSPS) is 11.3. The van der Waals surface area contributed by atoms with Crippen molar-refractivity contribution < 1.29 is 22.7 Å². The number of carbonyl (C=O) groups is 1. The largest absolute Gasteiger partial charge is 0.497 e. The fourth-order valence-corrected chi connectivity index (χ4v) is 4.57. The van der Waals surface area contributed by atoms with Gasteiger partial charge in [-0.2, -0.15) is 18.3 Å². The highest BCUT2D eigenvalue weighted by molar-refractivity contribution is 6.31. The van der Waals surface area contributed by atoms with Crippen molar-refractivity contribution >= 4 is 40.6 Å². The van der Waals surface area contributed by atoms with E-state index in [0.29, 0.717) is 27.8 Å². The standard InChI is InChI=1S/C29H20Cl2F3N5O2/c1-41-23-12-18(11-19(30)13-23)27-24(17-7-9-35-10-8-17)16-39(38-27)22-4-2-3-20(14-22)36-28(40)37-21-5-6-26(31)25(15-21)29(32,33)34/h2-16H,1H3,(H2,36,37,40). The zero-order valence-corrected chi connectivity index (χ0v) is 22.7. The van der Waals surface area contributed by atoms with E-state index in [1.165, 1.54) is 6.07 Å². The summed E-state index contributed by atoms with van der Waals surface area (Å²) in [5, 5.41) is 9.86. The molecule has 208 valence electrons. The van der Waals surface area contributed by atoms with E-state index < -0.39 is 22.8 Å². The smallest absolute Gasteiger partial charge is 0.417 e. The van der Waals surface area contributed by atoms with Crippen molar-refractivity contribution in [3.63, 3.8) is 0 Å². The highest BCUT2D eigenvalue weighted by atomic mass is 35.5. The van der Waals surface area contributed by atoms with Crippen LogP contribution in [0.1, 0.15) is 5.56 Å². The minimum atomic E-state index is -4.66. The van der Waals surface area contributed by atoms with Gasteiger partial charge in [-0.25, -0.2) is 9.48 Å². The van der Waals surface area contributed by atoms with Crippen molar-refractivity contribution in [3.05, 3.63) is 107 Å². The molecule has 0 saturated heterocycles. The maximum atomic E-state index is 13.2. The van der Waals surface area contributed by atoms with Gasteiger partial charge in [-0.1, -0.05) is 29.3 Å². The zero-order chi connectivity index (χ0) is 29.1. The number of anilines is 2. The summed E-state index contributed by atoms with van der Waals surface area (Å²) < 4.78 is 46.6. The molecule has 0 unspecified atom stereocenters. The van der Waals surface area contributed by atoms with Crippen molar-refractivity contribution in [1.82, 2.24) is 14.8 Å². The first-order valence-corrected chi connectivity index (χ1v) is 12.8. The van der Waals surface area contributed by atoms with Gasteiger partial charge in [0.25, 0.3) is 0 Å². The van der Waals surface area contributed by atoms with Crippen molar-refractivity contribution in [2.45, 2.75) is 6.18 Å². The molecule has 2 amide bonds. The molecule has 0 saturated carbocycles. The Morgan fingerprint density at radius 3 is 2.34 bits per heavy atom. The minimum Gasteiger partial charge on any atom is -0.497 e. The number of halogens is 5. The summed E-state index contributed by atoms with van der Waals surface area (Å²) in [4.78, 5) is 16.7. The van der Waals surface area contributed by atoms with Crippen LogP contribution in [0.25, 0.3) is 28.1 Å². The number of ether oxygens (including phenoxy) is 1. The number of hydrogen-bond acceptors (Lipinski definition) is 4. The molecular formula is C29H20Cl2F3N5O2. The van der Waals surface area contributed by atoms with E-state index in [4.69, 9.17) is 33.0 Å². The molecule has 0 atom stereocenters. The van der Waals surface area contributed by atoms with Crippen LogP contribution in [0.3, 0.4) is 0 Å². The van der Waals surface area contributed by atoms with Gasteiger partial charge in [0.15, 0.2) is 0 Å². The monoisotopic (exact) mass is 597 g/mol. The Bertz CT molecular complexity index is 1730. The number of nitrogens with zero attached hydrogens (tertiary/aromatic N) is 3. The summed E-state index contributed by atoms with van der Waals surface area (Å²) in [6, 6.07) is 18.2. The number of carbonyl (C=O) groups excluding carboxylic acids is 1. The molecule has 0 spiro atoms. The zero-order valence-electron chi connectivity index (χ0n) is 21.2. The van der Waals surface area contributed by atoms with Gasteiger partial charge >= 0.3 is 12.2 Å². The molecule has 12 heteroatoms. The van der Waals surface area contributed by atoms with E-state index in [9.17, 15) is 18.0 Å². The van der Waals surface area contributed by atoms with Gasteiger partial charge in [-0.15, -0.1) is 0 Å². The number of benzene rings is 3. The quantitative estimate of drug-likeness (QED) is 0.205. The van der Waals surface area contributed by atoms with Crippen LogP contribution in [-0.4, -0.2) is 27.9 Å². The number of urea groups is 1. The molecule has 0 aliphatic rings.